The Morgan fingerprint density at radius 2 is 2.30 bits per heavy atom. The summed E-state index contributed by atoms with van der Waals surface area (Å²) in [6.45, 7) is 0.221. The molecule has 2 aliphatic heterocycles. The van der Waals surface area contributed by atoms with Crippen molar-refractivity contribution >= 4 is 34.1 Å². The maximum Gasteiger partial charge on any atom is 0.267 e. The number of fused-ring (bicyclic) bond motifs is 1. The highest BCUT2D eigenvalue weighted by Crippen LogP contribution is 2.33. The van der Waals surface area contributed by atoms with Crippen LogP contribution < -0.4 is 5.73 Å². The zero-order chi connectivity index (χ0) is 16.6. The number of terminal acetylenes is 1. The summed E-state index contributed by atoms with van der Waals surface area (Å²) in [5.41, 5.74) is 5.72. The van der Waals surface area contributed by atoms with E-state index < -0.39 is 17.8 Å². The number of primary amides is 1. The average molecular weight is 376 g/mol. The molecule has 0 fully saturated rings. The largest absolute Gasteiger partial charge is 0.364 e. The molecule has 1 aromatic carbocycles. The van der Waals surface area contributed by atoms with E-state index in [1.54, 1.807) is 17.0 Å². The van der Waals surface area contributed by atoms with Gasteiger partial charge in [-0.25, -0.2) is 14.4 Å². The number of nitrogens with zero attached hydrogens (tertiary/aromatic N) is 4. The highest BCUT2D eigenvalue weighted by atomic mass is 79.9. The van der Waals surface area contributed by atoms with Gasteiger partial charge in [-0.3, -0.25) is 9.69 Å². The minimum absolute atomic E-state index is 0.0353. The minimum Gasteiger partial charge on any atom is -0.364 e. The Kier molecular flexibility index (Phi) is 3.88. The van der Waals surface area contributed by atoms with Crippen LogP contribution in [0.5, 0.6) is 0 Å². The molecule has 0 saturated carbocycles. The minimum atomic E-state index is -0.704. The number of carbonyl (C=O) groups excluding carboxylic acids is 1. The Morgan fingerprint density at radius 3 is 3.00 bits per heavy atom. The molecular formula is C15H11BrFN5O. The lowest BCUT2D eigenvalue weighted by Crippen LogP contribution is -2.39. The lowest BCUT2D eigenvalue weighted by atomic mass is 10.0. The summed E-state index contributed by atoms with van der Waals surface area (Å²) in [6, 6.07) is 3.90. The number of guanidine groups is 1. The number of rotatable bonds is 3. The van der Waals surface area contributed by atoms with Crippen molar-refractivity contribution in [2.75, 3.05) is 6.54 Å². The Hall–Kier alpha value is -2.66. The van der Waals surface area contributed by atoms with Crippen molar-refractivity contribution in [3.8, 4) is 12.3 Å². The molecule has 0 bridgehead atoms. The van der Waals surface area contributed by atoms with Gasteiger partial charge in [0, 0.05) is 10.0 Å². The molecule has 0 spiro atoms. The van der Waals surface area contributed by atoms with Crippen LogP contribution in [0.15, 0.2) is 44.5 Å². The Bertz CT molecular complexity index is 811. The van der Waals surface area contributed by atoms with Crippen molar-refractivity contribution in [1.29, 1.82) is 0 Å². The Morgan fingerprint density at radius 1 is 1.52 bits per heavy atom. The van der Waals surface area contributed by atoms with Gasteiger partial charge in [-0.2, -0.15) is 5.10 Å². The van der Waals surface area contributed by atoms with Crippen molar-refractivity contribution in [3.63, 3.8) is 0 Å². The number of hydrogen-bond acceptors (Lipinski definition) is 5. The zero-order valence-electron chi connectivity index (χ0n) is 11.8. The lowest BCUT2D eigenvalue weighted by molar-refractivity contribution is -0.114. The molecule has 23 heavy (non-hydrogen) atoms. The van der Waals surface area contributed by atoms with Crippen molar-refractivity contribution in [3.05, 3.63) is 45.8 Å². The molecule has 116 valence electrons. The van der Waals surface area contributed by atoms with Gasteiger partial charge in [-0.05, 0) is 24.3 Å². The lowest BCUT2D eigenvalue weighted by Gasteiger charge is -2.30. The smallest absolute Gasteiger partial charge is 0.267 e. The van der Waals surface area contributed by atoms with Gasteiger partial charge >= 0.3 is 0 Å². The van der Waals surface area contributed by atoms with E-state index in [1.807, 2.05) is 0 Å². The highest BCUT2D eigenvalue weighted by molar-refractivity contribution is 9.10. The van der Waals surface area contributed by atoms with Crippen LogP contribution in [0.4, 0.5) is 4.39 Å². The maximum absolute atomic E-state index is 14.3. The van der Waals surface area contributed by atoms with Crippen molar-refractivity contribution in [2.24, 2.45) is 15.8 Å². The van der Waals surface area contributed by atoms with E-state index in [0.29, 0.717) is 16.0 Å². The molecule has 0 radical (unpaired) electrons. The number of benzene rings is 1. The number of amides is 1. The highest BCUT2D eigenvalue weighted by Gasteiger charge is 2.35. The predicted molar refractivity (Wildman–Crippen MR) is 87.4 cm³/mol. The summed E-state index contributed by atoms with van der Waals surface area (Å²) in [6.07, 6.45) is 8.28. The molecule has 2 N–H and O–H groups in total. The van der Waals surface area contributed by atoms with Gasteiger partial charge in [0.15, 0.2) is 0 Å². The van der Waals surface area contributed by atoms with E-state index >= 15 is 0 Å². The third-order valence-corrected chi connectivity index (χ3v) is 3.86. The number of halogens is 2. The maximum atomic E-state index is 14.3. The molecule has 6 nitrogen and oxygen atoms in total. The summed E-state index contributed by atoms with van der Waals surface area (Å²) in [4.78, 5) is 17.3. The van der Waals surface area contributed by atoms with Crippen LogP contribution in [0.1, 0.15) is 11.6 Å². The topological polar surface area (TPSA) is 74.3 Å². The van der Waals surface area contributed by atoms with Crippen LogP contribution in [0.3, 0.4) is 0 Å². The van der Waals surface area contributed by atoms with Crippen LogP contribution in [0, 0.1) is 18.2 Å². The molecular weight excluding hydrogens is 365 g/mol. The summed E-state index contributed by atoms with van der Waals surface area (Å²) in [7, 11) is 0. The number of carbonyl (C=O) groups is 1. The summed E-state index contributed by atoms with van der Waals surface area (Å²) in [5, 5.41) is 5.70. The Balaban J connectivity index is 2.09. The number of hydrazone groups is 1. The molecule has 1 amide bonds. The van der Waals surface area contributed by atoms with Gasteiger partial charge < -0.3 is 5.73 Å². The van der Waals surface area contributed by atoms with Crippen LogP contribution in [0.25, 0.3) is 0 Å². The SMILES string of the molecule is C#CCN1C=NN2C1=NC(C(N)=O)=CC2c1cc(Br)ccc1F. The van der Waals surface area contributed by atoms with Gasteiger partial charge in [0.1, 0.15) is 23.9 Å². The third-order valence-electron chi connectivity index (χ3n) is 3.37. The first-order valence-electron chi connectivity index (χ1n) is 6.60. The van der Waals surface area contributed by atoms with Gasteiger partial charge in [0.05, 0.1) is 6.54 Å². The number of hydrogen-bond donors (Lipinski definition) is 1. The van der Waals surface area contributed by atoms with Gasteiger partial charge in [0.2, 0.25) is 5.96 Å². The first-order chi connectivity index (χ1) is 11.0. The second-order valence-corrected chi connectivity index (χ2v) is 5.76. The molecule has 1 atom stereocenters. The van der Waals surface area contributed by atoms with E-state index in [4.69, 9.17) is 12.2 Å². The van der Waals surface area contributed by atoms with E-state index in [1.165, 1.54) is 23.5 Å². The summed E-state index contributed by atoms with van der Waals surface area (Å²) in [5.74, 6) is 1.68. The fourth-order valence-electron chi connectivity index (χ4n) is 2.34. The van der Waals surface area contributed by atoms with Gasteiger partial charge in [0.25, 0.3) is 5.91 Å². The molecule has 2 heterocycles. The second-order valence-electron chi connectivity index (χ2n) is 4.85. The van der Waals surface area contributed by atoms with E-state index in [9.17, 15) is 9.18 Å². The van der Waals surface area contributed by atoms with E-state index in [-0.39, 0.29) is 12.2 Å². The first-order valence-corrected chi connectivity index (χ1v) is 7.39. The van der Waals surface area contributed by atoms with Crippen molar-refractivity contribution < 1.29 is 9.18 Å². The van der Waals surface area contributed by atoms with Crippen molar-refractivity contribution in [1.82, 2.24) is 9.91 Å². The zero-order valence-corrected chi connectivity index (χ0v) is 13.4. The van der Waals surface area contributed by atoms with Crippen molar-refractivity contribution in [2.45, 2.75) is 6.04 Å². The fraction of sp³-hybridized carbons (Fsp3) is 0.133. The quantitative estimate of drug-likeness (QED) is 0.814. The van der Waals surface area contributed by atoms with Crippen LogP contribution in [-0.4, -0.2) is 34.7 Å². The van der Waals surface area contributed by atoms with E-state index in [0.717, 1.165) is 0 Å². The Labute approximate surface area is 140 Å². The normalized spacial score (nSPS) is 19.1. The molecule has 0 aliphatic carbocycles. The molecule has 0 saturated heterocycles. The average Bonchev–Trinajstić information content (AvgIpc) is 2.92. The van der Waals surface area contributed by atoms with Crippen LogP contribution in [-0.2, 0) is 4.79 Å². The van der Waals surface area contributed by atoms with Gasteiger partial charge in [-0.1, -0.05) is 21.9 Å². The standard InChI is InChI=1S/C15H11BrFN5O/c1-2-5-21-8-19-22-13(7-12(14(18)23)20-15(21)22)10-6-9(16)3-4-11(10)17/h1,3-4,6-8,13H,5H2,(H2,18,23). The third kappa shape index (κ3) is 2.71. The van der Waals surface area contributed by atoms with Crippen LogP contribution >= 0.6 is 15.9 Å². The van der Waals surface area contributed by atoms with Gasteiger partial charge in [-0.15, -0.1) is 6.42 Å². The number of aliphatic imine (C=N–C) groups is 1. The number of nitrogens with two attached hydrogens (primary N) is 1. The first kappa shape index (κ1) is 15.2. The van der Waals surface area contributed by atoms with E-state index in [2.05, 4.69) is 31.9 Å². The predicted octanol–water partition coefficient (Wildman–Crippen LogP) is 1.56. The molecule has 2 aliphatic rings. The molecule has 1 unspecified atom stereocenters. The van der Waals surface area contributed by atoms with Crippen LogP contribution in [0.2, 0.25) is 0 Å². The summed E-state index contributed by atoms with van der Waals surface area (Å²) < 4.78 is 15.0. The summed E-state index contributed by atoms with van der Waals surface area (Å²) >= 11 is 3.31. The molecule has 3 rings (SSSR count). The fourth-order valence-corrected chi connectivity index (χ4v) is 2.72. The monoisotopic (exact) mass is 375 g/mol. The molecule has 8 heteroatoms. The molecule has 0 aromatic heterocycles. The second kappa shape index (κ2) is 5.85. The molecule has 1 aromatic rings.